The summed E-state index contributed by atoms with van der Waals surface area (Å²) in [5, 5.41) is 24.0. The third-order valence-corrected chi connectivity index (χ3v) is 10.3. The second kappa shape index (κ2) is 14.7. The minimum absolute atomic E-state index is 0.0785. The van der Waals surface area contributed by atoms with Gasteiger partial charge in [-0.25, -0.2) is 4.79 Å². The van der Waals surface area contributed by atoms with Crippen LogP contribution in [0.1, 0.15) is 60.1 Å². The van der Waals surface area contributed by atoms with Gasteiger partial charge in [0.15, 0.2) is 12.6 Å². The zero-order valence-corrected chi connectivity index (χ0v) is 27.8. The molecule has 0 aromatic heterocycles. The van der Waals surface area contributed by atoms with Gasteiger partial charge in [-0.05, 0) is 59.1 Å². The van der Waals surface area contributed by atoms with Crippen molar-refractivity contribution in [2.75, 3.05) is 26.2 Å². The Bertz CT molecular complexity index is 1570. The highest BCUT2D eigenvalue weighted by molar-refractivity contribution is 5.85. The van der Waals surface area contributed by atoms with E-state index in [0.29, 0.717) is 28.7 Å². The lowest BCUT2D eigenvalue weighted by atomic mass is 9.82. The molecule has 1 atom stereocenters. The van der Waals surface area contributed by atoms with Crippen LogP contribution in [0.25, 0.3) is 0 Å². The van der Waals surface area contributed by atoms with Crippen LogP contribution in [-0.4, -0.2) is 71.9 Å². The van der Waals surface area contributed by atoms with Gasteiger partial charge in [-0.15, -0.1) is 0 Å². The highest BCUT2D eigenvalue weighted by Gasteiger charge is 2.51. The van der Waals surface area contributed by atoms with Crippen molar-refractivity contribution < 1.29 is 47.0 Å². The lowest BCUT2D eigenvalue weighted by Crippen LogP contribution is -2.67. The fraction of sp³-hybridized carbons (Fsp3) is 0.447. The van der Waals surface area contributed by atoms with E-state index in [2.05, 4.69) is 31.3 Å². The lowest BCUT2D eigenvalue weighted by Gasteiger charge is -2.51. The third kappa shape index (κ3) is 7.99. The number of hydrogen-bond donors (Lipinski definition) is 2. The van der Waals surface area contributed by atoms with Crippen LogP contribution >= 0.6 is 0 Å². The Morgan fingerprint density at radius 2 is 1.35 bits per heavy atom. The van der Waals surface area contributed by atoms with Gasteiger partial charge in [0.1, 0.15) is 12.5 Å². The standard InChI is InChI=1S/C36H42N2O4.C2HF3O2/c1-3-25-19-28-21-32(22-29(28)20-26(25)4-2)37-34(39)24-38-17-15-27(16-18-38)33(23-38)42-35(40)36(41,30-11-7-5-8-12-30)31-13-9-6-10-14-31;3-2(4,5)1(6)7/h5-14,19-20,27,32-33,41H,3-4,15-18,21-24H2,1-2H3;(H,6,7). The molecule has 3 aromatic rings. The average Bonchev–Trinajstić information content (AvgIpc) is 3.48. The van der Waals surface area contributed by atoms with Crippen molar-refractivity contribution in [1.82, 2.24) is 5.32 Å². The summed E-state index contributed by atoms with van der Waals surface area (Å²) in [6.45, 7) is 7.25. The predicted octanol–water partition coefficient (Wildman–Crippen LogP) is 3.78. The first kappa shape index (κ1) is 36.1. The number of nitrogens with one attached hydrogen (secondary N) is 1. The molecule has 11 heteroatoms. The first-order valence-corrected chi connectivity index (χ1v) is 16.9. The van der Waals surface area contributed by atoms with Crippen molar-refractivity contribution in [1.29, 1.82) is 0 Å². The van der Waals surface area contributed by atoms with Gasteiger partial charge in [-0.2, -0.15) is 13.2 Å². The first-order chi connectivity index (χ1) is 23.3. The van der Waals surface area contributed by atoms with Crippen molar-refractivity contribution in [2.45, 2.75) is 76.3 Å². The number of aryl methyl sites for hydroxylation is 2. The summed E-state index contributed by atoms with van der Waals surface area (Å²) in [6.07, 6.45) is 0.143. The number of fused-ring (bicyclic) bond motifs is 4. The number of ether oxygens (including phenoxy) is 1. The van der Waals surface area contributed by atoms with E-state index in [1.165, 1.54) is 22.3 Å². The smallest absolute Gasteiger partial charge is 0.430 e. The number of alkyl halides is 3. The molecule has 0 saturated carbocycles. The van der Waals surface area contributed by atoms with Crippen molar-refractivity contribution in [3.8, 4) is 0 Å². The number of aliphatic hydroxyl groups is 1. The summed E-state index contributed by atoms with van der Waals surface area (Å²) in [5.41, 5.74) is 4.66. The van der Waals surface area contributed by atoms with Crippen LogP contribution in [0.4, 0.5) is 13.2 Å². The van der Waals surface area contributed by atoms with E-state index in [-0.39, 0.29) is 24.0 Å². The molecular weight excluding hydrogens is 637 g/mol. The maximum Gasteiger partial charge on any atom is 0.430 e. The van der Waals surface area contributed by atoms with Gasteiger partial charge >= 0.3 is 12.1 Å². The predicted molar refractivity (Wildman–Crippen MR) is 174 cm³/mol. The van der Waals surface area contributed by atoms with Crippen LogP contribution in [0.3, 0.4) is 0 Å². The first-order valence-electron chi connectivity index (χ1n) is 16.9. The van der Waals surface area contributed by atoms with Gasteiger partial charge < -0.3 is 29.5 Å². The normalized spacial score (nSPS) is 21.7. The average molecular weight is 681 g/mol. The molecule has 0 radical (unpaired) electrons. The topological polar surface area (TPSA) is 116 Å². The highest BCUT2D eigenvalue weighted by atomic mass is 19.4. The molecule has 3 heterocycles. The number of carboxylic acid groups (broad SMARTS) is 1. The number of carbonyl (C=O) groups excluding carboxylic acids is 3. The molecule has 49 heavy (non-hydrogen) atoms. The summed E-state index contributed by atoms with van der Waals surface area (Å²) in [4.78, 5) is 36.0. The maximum atomic E-state index is 13.8. The number of amides is 1. The molecule has 1 amide bonds. The fourth-order valence-electron chi connectivity index (χ4n) is 7.67. The van der Waals surface area contributed by atoms with Crippen LogP contribution in [0, 0.1) is 5.92 Å². The van der Waals surface area contributed by atoms with Gasteiger partial charge in [0.05, 0.1) is 13.1 Å². The third-order valence-electron chi connectivity index (χ3n) is 10.3. The SMILES string of the molecule is CCc1cc2c(cc1CC)CC(NC(=O)C[N+]13CCC(CC1)C(OC(=O)C(O)(c1ccccc1)c1ccccc1)C3)C2.O=C([O-])C(F)(F)F. The Kier molecular flexibility index (Phi) is 10.8. The molecule has 0 spiro atoms. The zero-order valence-electron chi connectivity index (χ0n) is 27.8. The van der Waals surface area contributed by atoms with Crippen molar-refractivity contribution in [3.63, 3.8) is 0 Å². The van der Waals surface area contributed by atoms with Gasteiger partial charge in [0.2, 0.25) is 5.60 Å². The quantitative estimate of drug-likeness (QED) is 0.263. The van der Waals surface area contributed by atoms with Crippen molar-refractivity contribution in [3.05, 3.63) is 106 Å². The summed E-state index contributed by atoms with van der Waals surface area (Å²) in [5.74, 6) is -3.33. The number of rotatable bonds is 9. The van der Waals surface area contributed by atoms with Gasteiger partial charge in [-0.1, -0.05) is 86.6 Å². The number of halogens is 3. The largest absolute Gasteiger partial charge is 0.542 e. The van der Waals surface area contributed by atoms with E-state index in [9.17, 15) is 27.9 Å². The summed E-state index contributed by atoms with van der Waals surface area (Å²) in [6, 6.07) is 22.9. The van der Waals surface area contributed by atoms with E-state index in [1.54, 1.807) is 24.3 Å². The van der Waals surface area contributed by atoms with Gasteiger partial charge in [-0.3, -0.25) is 4.79 Å². The molecule has 1 aliphatic carbocycles. The zero-order chi connectivity index (χ0) is 35.4. The van der Waals surface area contributed by atoms with Gasteiger partial charge in [0.25, 0.3) is 5.91 Å². The molecule has 262 valence electrons. The molecule has 8 nitrogen and oxygen atoms in total. The van der Waals surface area contributed by atoms with E-state index >= 15 is 0 Å². The molecular formula is C38H43F3N2O6. The van der Waals surface area contributed by atoms with E-state index in [1.807, 2.05) is 36.4 Å². The number of piperidine rings is 3. The molecule has 2 bridgehead atoms. The van der Waals surface area contributed by atoms with Crippen LogP contribution in [-0.2, 0) is 50.4 Å². The van der Waals surface area contributed by atoms with Crippen LogP contribution in [0.2, 0.25) is 0 Å². The number of hydrogen-bond acceptors (Lipinski definition) is 6. The molecule has 2 N–H and O–H groups in total. The summed E-state index contributed by atoms with van der Waals surface area (Å²) >= 11 is 0. The minimum atomic E-state index is -5.19. The summed E-state index contributed by atoms with van der Waals surface area (Å²) < 4.78 is 38.4. The van der Waals surface area contributed by atoms with Crippen molar-refractivity contribution >= 4 is 17.8 Å². The second-order valence-electron chi connectivity index (χ2n) is 13.4. The number of nitrogens with zero attached hydrogens (tertiary/aromatic N) is 1. The number of carbonyl (C=O) groups is 3. The monoisotopic (exact) mass is 680 g/mol. The minimum Gasteiger partial charge on any atom is -0.542 e. The highest BCUT2D eigenvalue weighted by Crippen LogP contribution is 2.38. The van der Waals surface area contributed by atoms with Crippen LogP contribution < -0.4 is 10.4 Å². The number of esters is 1. The Balaban J connectivity index is 0.000000606. The molecule has 4 aliphatic rings. The molecule has 3 fully saturated rings. The Labute approximate surface area is 284 Å². The number of carboxylic acids is 1. The lowest BCUT2D eigenvalue weighted by molar-refractivity contribution is -0.939. The van der Waals surface area contributed by atoms with Crippen molar-refractivity contribution in [2.24, 2.45) is 5.92 Å². The molecule has 3 aliphatic heterocycles. The number of quaternary nitrogens is 1. The van der Waals surface area contributed by atoms with Crippen LogP contribution in [0.5, 0.6) is 0 Å². The Hall–Kier alpha value is -4.22. The fourth-order valence-corrected chi connectivity index (χ4v) is 7.67. The number of benzene rings is 3. The molecule has 3 aromatic carbocycles. The Morgan fingerprint density at radius 3 is 1.78 bits per heavy atom. The molecule has 1 unspecified atom stereocenters. The summed E-state index contributed by atoms with van der Waals surface area (Å²) in [7, 11) is 0. The van der Waals surface area contributed by atoms with E-state index in [4.69, 9.17) is 14.6 Å². The van der Waals surface area contributed by atoms with E-state index < -0.39 is 23.7 Å². The molecule has 7 rings (SSSR count). The number of aliphatic carboxylic acids is 1. The van der Waals surface area contributed by atoms with Crippen LogP contribution in [0.15, 0.2) is 72.8 Å². The van der Waals surface area contributed by atoms with Gasteiger partial charge in [0, 0.05) is 24.8 Å². The molecule has 3 saturated heterocycles. The maximum absolute atomic E-state index is 13.8. The second-order valence-corrected chi connectivity index (χ2v) is 13.4. The van der Waals surface area contributed by atoms with E-state index in [0.717, 1.165) is 51.6 Å². The Morgan fingerprint density at radius 1 is 0.878 bits per heavy atom.